The van der Waals surface area contributed by atoms with Gasteiger partial charge in [0.05, 0.1) is 40.3 Å². The highest BCUT2D eigenvalue weighted by Crippen LogP contribution is 2.32. The molecule has 0 bridgehead atoms. The number of anilines is 1. The van der Waals surface area contributed by atoms with E-state index in [0.717, 1.165) is 41.5 Å². The number of carbonyl (C=O) groups is 1. The van der Waals surface area contributed by atoms with Crippen molar-refractivity contribution in [3.63, 3.8) is 0 Å². The third-order valence-corrected chi connectivity index (χ3v) is 7.16. The maximum Gasteiger partial charge on any atom is 0.227 e. The quantitative estimate of drug-likeness (QED) is 0.264. The van der Waals surface area contributed by atoms with Gasteiger partial charge >= 0.3 is 0 Å². The number of amides is 1. The number of aryl methyl sites for hydroxylation is 1. The van der Waals surface area contributed by atoms with E-state index in [9.17, 15) is 9.18 Å². The van der Waals surface area contributed by atoms with E-state index in [1.54, 1.807) is 24.8 Å². The highest BCUT2D eigenvalue weighted by molar-refractivity contribution is 5.96. The molecule has 1 aromatic carbocycles. The normalized spacial score (nSPS) is 13.6. The van der Waals surface area contributed by atoms with E-state index in [1.165, 1.54) is 12.1 Å². The molecule has 5 heterocycles. The summed E-state index contributed by atoms with van der Waals surface area (Å²) < 4.78 is 14.1. The van der Waals surface area contributed by atoms with Gasteiger partial charge in [-0.15, -0.1) is 0 Å². The third kappa shape index (κ3) is 4.19. The molecule has 1 aliphatic carbocycles. The zero-order valence-corrected chi connectivity index (χ0v) is 21.0. The van der Waals surface area contributed by atoms with Crippen molar-refractivity contribution in [1.82, 2.24) is 35.1 Å². The van der Waals surface area contributed by atoms with Crippen LogP contribution in [0.1, 0.15) is 24.8 Å². The summed E-state index contributed by atoms with van der Waals surface area (Å²) in [5.74, 6) is 0.325. The third-order valence-electron chi connectivity index (χ3n) is 7.16. The van der Waals surface area contributed by atoms with Crippen LogP contribution in [0.25, 0.3) is 56.0 Å². The summed E-state index contributed by atoms with van der Waals surface area (Å²) >= 11 is 0. The van der Waals surface area contributed by atoms with Gasteiger partial charge in [-0.25, -0.2) is 14.4 Å². The van der Waals surface area contributed by atoms with Gasteiger partial charge in [0.1, 0.15) is 11.3 Å². The number of hydrogen-bond donors (Lipinski definition) is 3. The van der Waals surface area contributed by atoms with E-state index >= 15 is 0 Å². The van der Waals surface area contributed by atoms with Crippen LogP contribution < -0.4 is 5.32 Å². The van der Waals surface area contributed by atoms with Crippen molar-refractivity contribution in [2.45, 2.75) is 26.2 Å². The van der Waals surface area contributed by atoms with Crippen LogP contribution in [0.3, 0.4) is 0 Å². The van der Waals surface area contributed by atoms with Crippen molar-refractivity contribution in [2.24, 2.45) is 5.92 Å². The van der Waals surface area contributed by atoms with Crippen molar-refractivity contribution in [1.29, 1.82) is 0 Å². The zero-order chi connectivity index (χ0) is 26.5. The summed E-state index contributed by atoms with van der Waals surface area (Å²) in [7, 11) is 0. The topological polar surface area (TPSA) is 125 Å². The Morgan fingerprint density at radius 3 is 2.64 bits per heavy atom. The van der Waals surface area contributed by atoms with Gasteiger partial charge in [0, 0.05) is 29.4 Å². The smallest absolute Gasteiger partial charge is 0.227 e. The van der Waals surface area contributed by atoms with Crippen LogP contribution in [-0.4, -0.2) is 41.0 Å². The summed E-state index contributed by atoms with van der Waals surface area (Å²) in [4.78, 5) is 34.0. The van der Waals surface area contributed by atoms with E-state index in [-0.39, 0.29) is 17.6 Å². The average molecular weight is 519 g/mol. The lowest BCUT2D eigenvalue weighted by Gasteiger charge is -2.24. The van der Waals surface area contributed by atoms with E-state index < -0.39 is 0 Å². The van der Waals surface area contributed by atoms with Gasteiger partial charge in [0.15, 0.2) is 11.5 Å². The summed E-state index contributed by atoms with van der Waals surface area (Å²) in [6.45, 7) is 1.85. The van der Waals surface area contributed by atoms with E-state index in [4.69, 9.17) is 9.97 Å². The zero-order valence-electron chi connectivity index (χ0n) is 21.0. The second kappa shape index (κ2) is 9.09. The number of nitrogens with one attached hydrogen (secondary N) is 3. The molecule has 1 aliphatic rings. The Balaban J connectivity index is 1.27. The number of pyridine rings is 3. The molecule has 5 aromatic heterocycles. The second-order valence-corrected chi connectivity index (χ2v) is 9.93. The first-order valence-electron chi connectivity index (χ1n) is 12.7. The fourth-order valence-electron chi connectivity index (χ4n) is 4.94. The molecule has 1 saturated carbocycles. The van der Waals surface area contributed by atoms with Crippen molar-refractivity contribution in [3.8, 4) is 33.9 Å². The molecule has 10 heteroatoms. The lowest BCUT2D eigenvalue weighted by molar-refractivity contribution is -0.122. The molecule has 0 atom stereocenters. The number of H-pyrrole nitrogens is 2. The first kappa shape index (κ1) is 23.2. The molecule has 9 nitrogen and oxygen atoms in total. The number of fused-ring (bicyclic) bond motifs is 2. The Bertz CT molecular complexity index is 1870. The number of nitrogens with zero attached hydrogens (tertiary/aromatic N) is 5. The fourth-order valence-corrected chi connectivity index (χ4v) is 4.94. The van der Waals surface area contributed by atoms with E-state index in [2.05, 4.69) is 30.5 Å². The van der Waals surface area contributed by atoms with Gasteiger partial charge in [-0.3, -0.25) is 19.9 Å². The highest BCUT2D eigenvalue weighted by Gasteiger charge is 2.25. The lowest BCUT2D eigenvalue weighted by Crippen LogP contribution is -2.28. The summed E-state index contributed by atoms with van der Waals surface area (Å²) in [6.07, 6.45) is 9.69. The number of aromatic nitrogens is 7. The molecule has 1 amide bonds. The van der Waals surface area contributed by atoms with Gasteiger partial charge in [0.25, 0.3) is 0 Å². The molecular formula is C29H23FN8O. The first-order valence-corrected chi connectivity index (χ1v) is 12.7. The van der Waals surface area contributed by atoms with E-state index in [1.807, 2.05) is 31.2 Å². The molecule has 1 fully saturated rings. The minimum Gasteiger partial charge on any atom is -0.335 e. The highest BCUT2D eigenvalue weighted by atomic mass is 19.1. The lowest BCUT2D eigenvalue weighted by atomic mass is 9.85. The van der Waals surface area contributed by atoms with Crippen molar-refractivity contribution < 1.29 is 9.18 Å². The molecule has 3 N–H and O–H groups in total. The van der Waals surface area contributed by atoms with Crippen LogP contribution in [0.5, 0.6) is 0 Å². The largest absolute Gasteiger partial charge is 0.335 e. The molecule has 6 aromatic rings. The monoisotopic (exact) mass is 518 g/mol. The van der Waals surface area contributed by atoms with Gasteiger partial charge in [-0.05, 0) is 61.2 Å². The Morgan fingerprint density at radius 1 is 0.949 bits per heavy atom. The Labute approximate surface area is 222 Å². The molecule has 7 rings (SSSR count). The van der Waals surface area contributed by atoms with Crippen molar-refractivity contribution in [2.75, 3.05) is 5.32 Å². The van der Waals surface area contributed by atoms with Crippen LogP contribution in [0.2, 0.25) is 0 Å². The van der Waals surface area contributed by atoms with Gasteiger partial charge < -0.3 is 10.3 Å². The predicted octanol–water partition coefficient (Wildman–Crippen LogP) is 5.81. The van der Waals surface area contributed by atoms with Crippen LogP contribution in [0.15, 0.2) is 61.2 Å². The molecular weight excluding hydrogens is 495 g/mol. The predicted molar refractivity (Wildman–Crippen MR) is 146 cm³/mol. The van der Waals surface area contributed by atoms with Crippen molar-refractivity contribution in [3.05, 3.63) is 72.6 Å². The van der Waals surface area contributed by atoms with Gasteiger partial charge in [-0.2, -0.15) is 5.10 Å². The number of benzene rings is 1. The van der Waals surface area contributed by atoms with Crippen LogP contribution >= 0.6 is 0 Å². The summed E-state index contributed by atoms with van der Waals surface area (Å²) in [6, 6.07) is 10.5. The second-order valence-electron chi connectivity index (χ2n) is 9.93. The minimum absolute atomic E-state index is 0.0351. The Hall–Kier alpha value is -4.99. The van der Waals surface area contributed by atoms with Crippen LogP contribution in [0, 0.1) is 18.7 Å². The SMILES string of the molecule is Cc1cc(F)cc(-c2cncc3[nH]c(-c4n[nH]c5ccc(-c6cncc(NC(=O)C7CCC7)c6)nc45)nc23)c1. The maximum absolute atomic E-state index is 14.1. The van der Waals surface area contributed by atoms with Crippen molar-refractivity contribution >= 4 is 33.7 Å². The minimum atomic E-state index is -0.311. The molecule has 0 radical (unpaired) electrons. The molecule has 0 unspecified atom stereocenters. The molecule has 0 saturated heterocycles. The van der Waals surface area contributed by atoms with Crippen LogP contribution in [0.4, 0.5) is 10.1 Å². The van der Waals surface area contributed by atoms with Gasteiger partial charge in [-0.1, -0.05) is 12.5 Å². The molecule has 0 aliphatic heterocycles. The Morgan fingerprint density at radius 2 is 1.82 bits per heavy atom. The van der Waals surface area contributed by atoms with Crippen LogP contribution in [-0.2, 0) is 4.79 Å². The number of hydrogen-bond acceptors (Lipinski definition) is 6. The number of aromatic amines is 2. The van der Waals surface area contributed by atoms with Gasteiger partial charge in [0.2, 0.25) is 5.91 Å². The first-order chi connectivity index (χ1) is 19.0. The fraction of sp³-hybridized carbons (Fsp3) is 0.172. The number of carbonyl (C=O) groups excluding carboxylic acids is 1. The number of halogens is 1. The average Bonchev–Trinajstić information content (AvgIpc) is 3.50. The molecule has 0 spiro atoms. The molecule has 192 valence electrons. The summed E-state index contributed by atoms with van der Waals surface area (Å²) in [5.41, 5.74) is 7.63. The number of rotatable bonds is 5. The Kier molecular flexibility index (Phi) is 5.39. The number of imidazole rings is 1. The van der Waals surface area contributed by atoms with E-state index in [0.29, 0.717) is 45.0 Å². The molecule has 39 heavy (non-hydrogen) atoms. The summed E-state index contributed by atoms with van der Waals surface area (Å²) in [5, 5.41) is 10.5. The standard InChI is InChI=1S/C29H23FN8O/c1-15-7-17(9-19(30)8-15)21-13-32-14-24-25(21)36-28(35-24)27-26-23(37-38-27)6-5-22(34-26)18-10-20(12-31-11-18)33-29(39)16-3-2-4-16/h5-14,16H,2-4H2,1H3,(H,33,39)(H,35,36)(H,37,38). The maximum atomic E-state index is 14.1.